The molecule has 0 amide bonds. The van der Waals surface area contributed by atoms with Gasteiger partial charge in [0.2, 0.25) is 0 Å². The zero-order chi connectivity index (χ0) is 7.28. The molecule has 0 saturated carbocycles. The minimum atomic E-state index is -0.511. The number of aliphatic hydroxyl groups excluding tert-OH is 1. The summed E-state index contributed by atoms with van der Waals surface area (Å²) in [6.45, 7) is 3.14. The average Bonchev–Trinajstić information content (AvgIpc) is 1.87. The third kappa shape index (κ3) is 3.08. The molecule has 0 aliphatic carbocycles. The number of ether oxygens (including phenoxy) is 1. The van der Waals surface area contributed by atoms with Crippen molar-refractivity contribution in [2.24, 2.45) is 5.92 Å². The summed E-state index contributed by atoms with van der Waals surface area (Å²) in [5.41, 5.74) is 0. The van der Waals surface area contributed by atoms with Crippen LogP contribution in [0.15, 0.2) is 0 Å². The van der Waals surface area contributed by atoms with E-state index in [9.17, 15) is 4.79 Å². The molecular weight excluding hydrogens is 120 g/mol. The van der Waals surface area contributed by atoms with Crippen LogP contribution in [0.1, 0.15) is 20.3 Å². The van der Waals surface area contributed by atoms with E-state index in [1.54, 1.807) is 6.92 Å². The summed E-state index contributed by atoms with van der Waals surface area (Å²) in [5.74, 6) is -0.433. The molecule has 0 rings (SSSR count). The zero-order valence-corrected chi connectivity index (χ0v) is 5.76. The summed E-state index contributed by atoms with van der Waals surface area (Å²) < 4.78 is 4.31. The van der Waals surface area contributed by atoms with E-state index < -0.39 is 6.79 Å². The molecule has 0 heterocycles. The van der Waals surface area contributed by atoms with Crippen molar-refractivity contribution >= 4 is 5.97 Å². The third-order valence-corrected chi connectivity index (χ3v) is 1.22. The zero-order valence-electron chi connectivity index (χ0n) is 5.76. The van der Waals surface area contributed by atoms with Gasteiger partial charge in [-0.25, -0.2) is 0 Å². The molecule has 1 N–H and O–H groups in total. The highest BCUT2D eigenvalue weighted by molar-refractivity contribution is 5.71. The van der Waals surface area contributed by atoms with Crippen LogP contribution in [0.2, 0.25) is 0 Å². The Kier molecular flexibility index (Phi) is 4.05. The Morgan fingerprint density at radius 1 is 1.78 bits per heavy atom. The Morgan fingerprint density at radius 2 is 2.33 bits per heavy atom. The van der Waals surface area contributed by atoms with Gasteiger partial charge in [0, 0.05) is 0 Å². The van der Waals surface area contributed by atoms with E-state index in [0.717, 1.165) is 6.42 Å². The first kappa shape index (κ1) is 8.43. The smallest absolute Gasteiger partial charge is 0.310 e. The van der Waals surface area contributed by atoms with Crippen LogP contribution in [0.4, 0.5) is 0 Å². The molecular formula is C6H12O3. The van der Waals surface area contributed by atoms with E-state index in [4.69, 9.17) is 5.11 Å². The van der Waals surface area contributed by atoms with Gasteiger partial charge in [0.05, 0.1) is 5.92 Å². The van der Waals surface area contributed by atoms with Gasteiger partial charge in [-0.2, -0.15) is 0 Å². The summed E-state index contributed by atoms with van der Waals surface area (Å²) in [7, 11) is 0. The Bertz CT molecular complexity index is 90.3. The van der Waals surface area contributed by atoms with Crippen LogP contribution in [0.3, 0.4) is 0 Å². The SMILES string of the molecule is CCC(C)C(=O)OCO. The van der Waals surface area contributed by atoms with E-state index in [0.29, 0.717) is 0 Å². The maximum atomic E-state index is 10.6. The quantitative estimate of drug-likeness (QED) is 0.450. The maximum Gasteiger partial charge on any atom is 0.310 e. The molecule has 0 aliphatic heterocycles. The second-order valence-electron chi connectivity index (χ2n) is 1.90. The fourth-order valence-electron chi connectivity index (χ4n) is 0.373. The number of esters is 1. The fraction of sp³-hybridized carbons (Fsp3) is 0.833. The molecule has 0 spiro atoms. The van der Waals surface area contributed by atoms with Crippen molar-refractivity contribution in [3.8, 4) is 0 Å². The van der Waals surface area contributed by atoms with Gasteiger partial charge in [0.1, 0.15) is 0 Å². The summed E-state index contributed by atoms with van der Waals surface area (Å²) in [4.78, 5) is 10.6. The number of rotatable bonds is 3. The summed E-state index contributed by atoms with van der Waals surface area (Å²) in [6.07, 6.45) is 0.749. The van der Waals surface area contributed by atoms with Crippen molar-refractivity contribution in [1.82, 2.24) is 0 Å². The Hall–Kier alpha value is -0.570. The van der Waals surface area contributed by atoms with E-state index in [1.807, 2.05) is 6.92 Å². The molecule has 0 aromatic carbocycles. The lowest BCUT2D eigenvalue weighted by molar-refractivity contribution is -0.156. The van der Waals surface area contributed by atoms with Crippen LogP contribution >= 0.6 is 0 Å². The fourth-order valence-corrected chi connectivity index (χ4v) is 0.373. The largest absolute Gasteiger partial charge is 0.438 e. The van der Waals surface area contributed by atoms with Crippen LogP contribution in [0, 0.1) is 5.92 Å². The van der Waals surface area contributed by atoms with Gasteiger partial charge < -0.3 is 9.84 Å². The Balaban J connectivity index is 3.46. The predicted molar refractivity (Wildman–Crippen MR) is 32.6 cm³/mol. The van der Waals surface area contributed by atoms with E-state index >= 15 is 0 Å². The van der Waals surface area contributed by atoms with Crippen molar-refractivity contribution in [2.75, 3.05) is 6.79 Å². The van der Waals surface area contributed by atoms with Crippen molar-refractivity contribution in [3.05, 3.63) is 0 Å². The second-order valence-corrected chi connectivity index (χ2v) is 1.90. The topological polar surface area (TPSA) is 46.5 Å². The van der Waals surface area contributed by atoms with Gasteiger partial charge in [-0.1, -0.05) is 13.8 Å². The van der Waals surface area contributed by atoms with E-state index in [-0.39, 0.29) is 11.9 Å². The van der Waals surface area contributed by atoms with Crippen LogP contribution in [-0.2, 0) is 9.53 Å². The highest BCUT2D eigenvalue weighted by Crippen LogP contribution is 2.01. The monoisotopic (exact) mass is 132 g/mol. The molecule has 0 radical (unpaired) electrons. The van der Waals surface area contributed by atoms with E-state index in [2.05, 4.69) is 4.74 Å². The summed E-state index contributed by atoms with van der Waals surface area (Å²) in [5, 5.41) is 8.14. The molecule has 0 saturated heterocycles. The predicted octanol–water partition coefficient (Wildman–Crippen LogP) is 0.526. The number of aliphatic hydroxyl groups is 1. The van der Waals surface area contributed by atoms with E-state index in [1.165, 1.54) is 0 Å². The number of carbonyl (C=O) groups is 1. The second kappa shape index (κ2) is 4.32. The molecule has 0 bridgehead atoms. The first-order chi connectivity index (χ1) is 4.22. The van der Waals surface area contributed by atoms with Crippen LogP contribution < -0.4 is 0 Å². The normalized spacial score (nSPS) is 12.8. The lowest BCUT2D eigenvalue weighted by Crippen LogP contribution is -2.14. The molecule has 54 valence electrons. The molecule has 0 aromatic rings. The number of carbonyl (C=O) groups excluding carboxylic acids is 1. The minimum Gasteiger partial charge on any atom is -0.438 e. The Labute approximate surface area is 54.6 Å². The molecule has 3 heteroatoms. The highest BCUT2D eigenvalue weighted by atomic mass is 16.6. The molecule has 3 nitrogen and oxygen atoms in total. The third-order valence-electron chi connectivity index (χ3n) is 1.22. The number of hydrogen-bond donors (Lipinski definition) is 1. The highest BCUT2D eigenvalue weighted by Gasteiger charge is 2.09. The van der Waals surface area contributed by atoms with Crippen LogP contribution in [0.5, 0.6) is 0 Å². The molecule has 0 fully saturated rings. The van der Waals surface area contributed by atoms with Gasteiger partial charge in [-0.05, 0) is 6.42 Å². The first-order valence-corrected chi connectivity index (χ1v) is 2.99. The van der Waals surface area contributed by atoms with Crippen molar-refractivity contribution < 1.29 is 14.6 Å². The first-order valence-electron chi connectivity index (χ1n) is 2.99. The van der Waals surface area contributed by atoms with Gasteiger partial charge in [-0.15, -0.1) is 0 Å². The standard InChI is InChI=1S/C6H12O3/c1-3-5(2)6(8)9-4-7/h5,7H,3-4H2,1-2H3. The average molecular weight is 132 g/mol. The van der Waals surface area contributed by atoms with Crippen LogP contribution in [-0.4, -0.2) is 17.9 Å². The minimum absolute atomic E-state index is 0.0999. The van der Waals surface area contributed by atoms with Gasteiger partial charge in [0.25, 0.3) is 0 Å². The summed E-state index contributed by atoms with van der Waals surface area (Å²) in [6, 6.07) is 0. The Morgan fingerprint density at radius 3 is 2.67 bits per heavy atom. The molecule has 9 heavy (non-hydrogen) atoms. The lowest BCUT2D eigenvalue weighted by Gasteiger charge is -2.04. The molecule has 1 atom stereocenters. The van der Waals surface area contributed by atoms with Crippen molar-refractivity contribution in [3.63, 3.8) is 0 Å². The van der Waals surface area contributed by atoms with Gasteiger partial charge >= 0.3 is 5.97 Å². The lowest BCUT2D eigenvalue weighted by atomic mass is 10.1. The van der Waals surface area contributed by atoms with Crippen molar-refractivity contribution in [1.29, 1.82) is 0 Å². The summed E-state index contributed by atoms with van der Waals surface area (Å²) >= 11 is 0. The van der Waals surface area contributed by atoms with Gasteiger partial charge in [-0.3, -0.25) is 4.79 Å². The van der Waals surface area contributed by atoms with Crippen LogP contribution in [0.25, 0.3) is 0 Å². The molecule has 0 aromatic heterocycles. The maximum absolute atomic E-state index is 10.6. The molecule has 0 aliphatic rings. The van der Waals surface area contributed by atoms with Gasteiger partial charge in [0.15, 0.2) is 6.79 Å². The molecule has 1 unspecified atom stereocenters. The number of hydrogen-bond acceptors (Lipinski definition) is 3. The van der Waals surface area contributed by atoms with Crippen molar-refractivity contribution in [2.45, 2.75) is 20.3 Å².